The van der Waals surface area contributed by atoms with Crippen LogP contribution in [0.25, 0.3) is 0 Å². The van der Waals surface area contributed by atoms with Gasteiger partial charge in [0.2, 0.25) is 0 Å². The van der Waals surface area contributed by atoms with Crippen molar-refractivity contribution < 1.29 is 4.74 Å². The predicted molar refractivity (Wildman–Crippen MR) is 90.2 cm³/mol. The molecule has 0 aliphatic heterocycles. The molecule has 0 radical (unpaired) electrons. The van der Waals surface area contributed by atoms with Crippen molar-refractivity contribution in [2.24, 2.45) is 0 Å². The first-order valence-electron chi connectivity index (χ1n) is 7.42. The average Bonchev–Trinajstić information content (AvgIpc) is 2.46. The molecule has 0 spiro atoms. The lowest BCUT2D eigenvalue weighted by molar-refractivity contribution is 0.408. The van der Waals surface area contributed by atoms with Gasteiger partial charge in [-0.05, 0) is 30.0 Å². The standard InChI is InChI=1S/C19H25NO/c1-14(15-10-6-9-13-18(15)21-5)20-17-12-8-7-11-16(17)19(2,3)4/h6-14,20H,1-5H3. The van der Waals surface area contributed by atoms with Crippen LogP contribution >= 0.6 is 0 Å². The Balaban J connectivity index is 2.30. The third kappa shape index (κ3) is 3.57. The van der Waals surface area contributed by atoms with Crippen LogP contribution in [-0.4, -0.2) is 7.11 Å². The lowest BCUT2D eigenvalue weighted by atomic mass is 9.85. The van der Waals surface area contributed by atoms with Gasteiger partial charge in [0.25, 0.3) is 0 Å². The van der Waals surface area contributed by atoms with E-state index in [1.165, 1.54) is 16.8 Å². The molecule has 2 heteroatoms. The van der Waals surface area contributed by atoms with Crippen molar-refractivity contribution in [3.05, 3.63) is 59.7 Å². The number of rotatable bonds is 4. The molecule has 0 heterocycles. The smallest absolute Gasteiger partial charge is 0.124 e. The zero-order valence-electron chi connectivity index (χ0n) is 13.6. The van der Waals surface area contributed by atoms with Crippen molar-refractivity contribution >= 4 is 5.69 Å². The lowest BCUT2D eigenvalue weighted by Crippen LogP contribution is -2.16. The van der Waals surface area contributed by atoms with Crippen LogP contribution in [0.3, 0.4) is 0 Å². The van der Waals surface area contributed by atoms with E-state index >= 15 is 0 Å². The summed E-state index contributed by atoms with van der Waals surface area (Å²) < 4.78 is 5.46. The Morgan fingerprint density at radius 2 is 1.57 bits per heavy atom. The first-order chi connectivity index (χ1) is 9.93. The number of benzene rings is 2. The van der Waals surface area contributed by atoms with Crippen molar-refractivity contribution in [2.45, 2.75) is 39.2 Å². The van der Waals surface area contributed by atoms with Gasteiger partial charge in [0.15, 0.2) is 0 Å². The van der Waals surface area contributed by atoms with Crippen LogP contribution in [0.2, 0.25) is 0 Å². The van der Waals surface area contributed by atoms with E-state index in [9.17, 15) is 0 Å². The average molecular weight is 283 g/mol. The number of nitrogens with one attached hydrogen (secondary N) is 1. The van der Waals surface area contributed by atoms with Gasteiger partial charge >= 0.3 is 0 Å². The van der Waals surface area contributed by atoms with Crippen LogP contribution in [-0.2, 0) is 5.41 Å². The minimum atomic E-state index is 0.115. The van der Waals surface area contributed by atoms with Gasteiger partial charge in [0.1, 0.15) is 5.75 Å². The molecule has 0 bridgehead atoms. The van der Waals surface area contributed by atoms with Crippen LogP contribution in [0.15, 0.2) is 48.5 Å². The van der Waals surface area contributed by atoms with Crippen molar-refractivity contribution in [3.8, 4) is 5.75 Å². The monoisotopic (exact) mass is 283 g/mol. The summed E-state index contributed by atoms with van der Waals surface area (Å²) in [5.41, 5.74) is 3.79. The minimum Gasteiger partial charge on any atom is -0.496 e. The molecule has 0 saturated heterocycles. The quantitative estimate of drug-likeness (QED) is 0.836. The Morgan fingerprint density at radius 3 is 2.24 bits per heavy atom. The maximum Gasteiger partial charge on any atom is 0.124 e. The van der Waals surface area contributed by atoms with E-state index in [0.717, 1.165) is 5.75 Å². The third-order valence-electron chi connectivity index (χ3n) is 3.71. The summed E-state index contributed by atoms with van der Waals surface area (Å²) in [4.78, 5) is 0. The Hall–Kier alpha value is -1.96. The first-order valence-corrected chi connectivity index (χ1v) is 7.42. The van der Waals surface area contributed by atoms with E-state index in [4.69, 9.17) is 4.74 Å². The Morgan fingerprint density at radius 1 is 0.952 bits per heavy atom. The van der Waals surface area contributed by atoms with Crippen LogP contribution < -0.4 is 10.1 Å². The summed E-state index contributed by atoms with van der Waals surface area (Å²) in [6.07, 6.45) is 0. The number of ether oxygens (including phenoxy) is 1. The van der Waals surface area contributed by atoms with Crippen LogP contribution in [0, 0.1) is 0 Å². The second-order valence-corrected chi connectivity index (χ2v) is 6.40. The van der Waals surface area contributed by atoms with Gasteiger partial charge < -0.3 is 10.1 Å². The number of para-hydroxylation sites is 2. The van der Waals surface area contributed by atoms with E-state index in [2.05, 4.69) is 63.3 Å². The number of hydrogen-bond acceptors (Lipinski definition) is 2. The maximum atomic E-state index is 5.46. The molecule has 2 aromatic carbocycles. The normalized spacial score (nSPS) is 12.8. The fourth-order valence-electron chi connectivity index (χ4n) is 2.60. The molecule has 2 nitrogen and oxygen atoms in total. The van der Waals surface area contributed by atoms with E-state index in [-0.39, 0.29) is 11.5 Å². The predicted octanol–water partition coefficient (Wildman–Crippen LogP) is 5.17. The largest absolute Gasteiger partial charge is 0.496 e. The molecule has 2 rings (SSSR count). The second-order valence-electron chi connectivity index (χ2n) is 6.40. The van der Waals surface area contributed by atoms with Gasteiger partial charge in [0.05, 0.1) is 13.2 Å². The zero-order chi connectivity index (χ0) is 15.5. The van der Waals surface area contributed by atoms with Crippen LogP contribution in [0.4, 0.5) is 5.69 Å². The van der Waals surface area contributed by atoms with Crippen LogP contribution in [0.5, 0.6) is 5.75 Å². The van der Waals surface area contributed by atoms with Gasteiger partial charge in [-0.15, -0.1) is 0 Å². The molecule has 0 aliphatic rings. The molecule has 0 saturated carbocycles. The van der Waals surface area contributed by atoms with Crippen molar-refractivity contribution in [3.63, 3.8) is 0 Å². The molecule has 21 heavy (non-hydrogen) atoms. The summed E-state index contributed by atoms with van der Waals surface area (Å²) in [5.74, 6) is 0.922. The van der Waals surface area contributed by atoms with Gasteiger partial charge in [0, 0.05) is 11.3 Å². The topological polar surface area (TPSA) is 21.3 Å². The highest BCUT2D eigenvalue weighted by Crippen LogP contribution is 2.33. The fourth-order valence-corrected chi connectivity index (χ4v) is 2.60. The maximum absolute atomic E-state index is 5.46. The number of methoxy groups -OCH3 is 1. The molecule has 2 aromatic rings. The molecule has 0 amide bonds. The third-order valence-corrected chi connectivity index (χ3v) is 3.71. The SMILES string of the molecule is COc1ccccc1C(C)Nc1ccccc1C(C)(C)C. The first kappa shape index (κ1) is 15.4. The van der Waals surface area contributed by atoms with Crippen LogP contribution in [0.1, 0.15) is 44.9 Å². The summed E-state index contributed by atoms with van der Waals surface area (Å²) in [7, 11) is 1.72. The highest BCUT2D eigenvalue weighted by atomic mass is 16.5. The molecule has 0 aliphatic carbocycles. The van der Waals surface area contributed by atoms with Crippen molar-refractivity contribution in [2.75, 3.05) is 12.4 Å². The summed E-state index contributed by atoms with van der Waals surface area (Å²) in [6.45, 7) is 8.88. The van der Waals surface area contributed by atoms with Crippen molar-refractivity contribution in [1.82, 2.24) is 0 Å². The van der Waals surface area contributed by atoms with E-state index in [0.29, 0.717) is 0 Å². The second kappa shape index (κ2) is 6.21. The zero-order valence-corrected chi connectivity index (χ0v) is 13.6. The van der Waals surface area contributed by atoms with E-state index < -0.39 is 0 Å². The highest BCUT2D eigenvalue weighted by Gasteiger charge is 2.19. The Labute approximate surface area is 128 Å². The fraction of sp³-hybridized carbons (Fsp3) is 0.368. The number of anilines is 1. The molecule has 1 unspecified atom stereocenters. The molecule has 0 aromatic heterocycles. The van der Waals surface area contributed by atoms with Crippen molar-refractivity contribution in [1.29, 1.82) is 0 Å². The van der Waals surface area contributed by atoms with Gasteiger partial charge in [-0.25, -0.2) is 0 Å². The van der Waals surface area contributed by atoms with Gasteiger partial charge in [-0.1, -0.05) is 57.2 Å². The molecule has 112 valence electrons. The molecule has 1 N–H and O–H groups in total. The highest BCUT2D eigenvalue weighted by molar-refractivity contribution is 5.56. The van der Waals surface area contributed by atoms with Gasteiger partial charge in [-0.2, -0.15) is 0 Å². The lowest BCUT2D eigenvalue weighted by Gasteiger charge is -2.26. The molecular formula is C19H25NO. The Bertz CT molecular complexity index is 599. The van der Waals surface area contributed by atoms with E-state index in [1.54, 1.807) is 7.11 Å². The Kier molecular flexibility index (Phi) is 4.56. The molecule has 0 fully saturated rings. The summed E-state index contributed by atoms with van der Waals surface area (Å²) in [6, 6.07) is 16.9. The summed E-state index contributed by atoms with van der Waals surface area (Å²) in [5, 5.41) is 3.63. The van der Waals surface area contributed by atoms with E-state index in [1.807, 2.05) is 18.2 Å². The van der Waals surface area contributed by atoms with Gasteiger partial charge in [-0.3, -0.25) is 0 Å². The molecular weight excluding hydrogens is 258 g/mol. The molecule has 1 atom stereocenters. The number of hydrogen-bond donors (Lipinski definition) is 1. The minimum absolute atomic E-state index is 0.115. The summed E-state index contributed by atoms with van der Waals surface area (Å²) >= 11 is 0.